The molecule has 0 saturated heterocycles. The second-order valence-electron chi connectivity index (χ2n) is 18.3. The summed E-state index contributed by atoms with van der Waals surface area (Å²) in [6, 6.07) is 49.1. The van der Waals surface area contributed by atoms with E-state index in [1.165, 1.54) is 67.3 Å². The maximum atomic E-state index is 6.94. The number of furan rings is 2. The van der Waals surface area contributed by atoms with Gasteiger partial charge in [0, 0.05) is 32.9 Å². The summed E-state index contributed by atoms with van der Waals surface area (Å²) >= 11 is 0. The fraction of sp³-hybridized carbons (Fsp3) is 0.167. The number of anilines is 6. The third-order valence-electron chi connectivity index (χ3n) is 13.9. The Hall–Kier alpha value is -7.30. The van der Waals surface area contributed by atoms with Crippen molar-refractivity contribution in [2.75, 3.05) is 9.80 Å². The SMILES string of the molecule is Cc1cccc(C)c1N(c1ccc2cc3c(cc2c1)oc1c(C)c(C)c2oc4cc5cc(N(c6c(C)cccc6C)c6c(C)cccc6C)ccc5cc4c2c13)c1c(C)cccc1C. The largest absolute Gasteiger partial charge is 0.456 e. The molecule has 0 aliphatic carbocycles. The predicted molar refractivity (Wildman–Crippen MR) is 273 cm³/mol. The zero-order valence-corrected chi connectivity index (χ0v) is 38.4. The highest BCUT2D eigenvalue weighted by atomic mass is 16.3. The molecule has 0 bridgehead atoms. The monoisotopic (exact) mass is 832 g/mol. The number of rotatable bonds is 6. The van der Waals surface area contributed by atoms with Crippen molar-refractivity contribution in [1.29, 1.82) is 0 Å². The van der Waals surface area contributed by atoms with Crippen LogP contribution in [-0.2, 0) is 0 Å². The Morgan fingerprint density at radius 3 is 0.906 bits per heavy atom. The summed E-state index contributed by atoms with van der Waals surface area (Å²) in [5.41, 5.74) is 22.8. The summed E-state index contributed by atoms with van der Waals surface area (Å²) in [5.74, 6) is 0. The maximum absolute atomic E-state index is 6.94. The Morgan fingerprint density at radius 1 is 0.312 bits per heavy atom. The minimum atomic E-state index is 0.873. The lowest BCUT2D eigenvalue weighted by atomic mass is 9.96. The smallest absolute Gasteiger partial charge is 0.139 e. The zero-order chi connectivity index (χ0) is 44.3. The van der Waals surface area contributed by atoms with Crippen LogP contribution in [0.25, 0.3) is 65.4 Å². The van der Waals surface area contributed by atoms with Gasteiger partial charge in [-0.1, -0.05) is 84.9 Å². The van der Waals surface area contributed by atoms with E-state index in [4.69, 9.17) is 8.83 Å². The van der Waals surface area contributed by atoms with E-state index in [1.54, 1.807) is 0 Å². The van der Waals surface area contributed by atoms with Gasteiger partial charge < -0.3 is 18.6 Å². The summed E-state index contributed by atoms with van der Waals surface area (Å²) < 4.78 is 13.9. The Morgan fingerprint density at radius 2 is 0.609 bits per heavy atom. The number of para-hydroxylation sites is 4. The molecule has 4 heteroatoms. The zero-order valence-electron chi connectivity index (χ0n) is 38.4. The molecular weight excluding hydrogens is 781 g/mol. The molecule has 0 amide bonds. The van der Waals surface area contributed by atoms with Gasteiger partial charge in [-0.2, -0.15) is 0 Å². The molecule has 9 aromatic carbocycles. The van der Waals surface area contributed by atoms with Crippen molar-refractivity contribution < 1.29 is 8.83 Å². The number of nitrogens with zero attached hydrogens (tertiary/aromatic N) is 2. The van der Waals surface area contributed by atoms with Crippen LogP contribution in [-0.4, -0.2) is 0 Å². The topological polar surface area (TPSA) is 32.8 Å². The van der Waals surface area contributed by atoms with Crippen LogP contribution in [0.1, 0.15) is 55.6 Å². The first-order valence-electron chi connectivity index (χ1n) is 22.4. The van der Waals surface area contributed by atoms with Gasteiger partial charge in [0.05, 0.1) is 22.7 Å². The molecule has 0 aliphatic heterocycles. The van der Waals surface area contributed by atoms with E-state index in [0.29, 0.717) is 0 Å². The van der Waals surface area contributed by atoms with Crippen molar-refractivity contribution >= 4 is 99.5 Å². The first-order valence-corrected chi connectivity index (χ1v) is 22.4. The van der Waals surface area contributed by atoms with Crippen molar-refractivity contribution in [2.24, 2.45) is 0 Å². The summed E-state index contributed by atoms with van der Waals surface area (Å²) in [4.78, 5) is 4.90. The second kappa shape index (κ2) is 14.6. The standard InChI is InChI=1S/C60H52N2O2/c1-33-15-11-16-34(2)55(33)61(56-35(3)17-12-18-36(56)4)47-25-23-43-29-49-51(31-45(43)27-47)63-59-41(9)42(10)60-54(53(49)59)50-30-44-24-26-48(28-46(44)32-52(50)64-60)62(57-37(5)19-13-20-38(57)6)58-39(7)21-14-22-40(58)8/h11-32H,1-10H3. The molecule has 2 aromatic heterocycles. The van der Waals surface area contributed by atoms with Crippen LogP contribution in [0.3, 0.4) is 0 Å². The summed E-state index contributed by atoms with van der Waals surface area (Å²) in [6.07, 6.45) is 0. The van der Waals surface area contributed by atoms with Gasteiger partial charge in [-0.25, -0.2) is 0 Å². The Labute approximate surface area is 375 Å². The fourth-order valence-electron chi connectivity index (χ4n) is 10.7. The van der Waals surface area contributed by atoms with Gasteiger partial charge in [-0.05, 0) is 195 Å². The average molecular weight is 833 g/mol. The molecule has 0 N–H and O–H groups in total. The molecule has 314 valence electrons. The quantitative estimate of drug-likeness (QED) is 0.167. The molecule has 0 atom stereocenters. The van der Waals surface area contributed by atoms with Gasteiger partial charge in [-0.3, -0.25) is 0 Å². The molecule has 0 saturated carbocycles. The minimum absolute atomic E-state index is 0.873. The van der Waals surface area contributed by atoms with Crippen molar-refractivity contribution in [3.63, 3.8) is 0 Å². The lowest BCUT2D eigenvalue weighted by Crippen LogP contribution is -2.15. The van der Waals surface area contributed by atoms with Gasteiger partial charge >= 0.3 is 0 Å². The summed E-state index contributed by atoms with van der Waals surface area (Å²) in [6.45, 7) is 22.0. The van der Waals surface area contributed by atoms with Crippen molar-refractivity contribution in [1.82, 2.24) is 0 Å². The first kappa shape index (κ1) is 39.5. The summed E-state index contributed by atoms with van der Waals surface area (Å²) in [5, 5.41) is 9.00. The fourth-order valence-corrected chi connectivity index (χ4v) is 10.7. The molecule has 0 aliphatic rings. The third kappa shape index (κ3) is 5.96. The molecule has 2 heterocycles. The van der Waals surface area contributed by atoms with E-state index in [9.17, 15) is 0 Å². The van der Waals surface area contributed by atoms with Crippen molar-refractivity contribution in [2.45, 2.75) is 69.2 Å². The van der Waals surface area contributed by atoms with Crippen molar-refractivity contribution in [3.8, 4) is 0 Å². The van der Waals surface area contributed by atoms with Gasteiger partial charge in [0.25, 0.3) is 0 Å². The molecule has 11 aromatic rings. The van der Waals surface area contributed by atoms with Crippen LogP contribution in [0.5, 0.6) is 0 Å². The minimum Gasteiger partial charge on any atom is -0.456 e. The van der Waals surface area contributed by atoms with E-state index in [-0.39, 0.29) is 0 Å². The third-order valence-corrected chi connectivity index (χ3v) is 13.9. The van der Waals surface area contributed by atoms with Crippen molar-refractivity contribution in [3.05, 3.63) is 189 Å². The van der Waals surface area contributed by atoms with E-state index in [0.717, 1.165) is 87.9 Å². The first-order chi connectivity index (χ1) is 30.9. The number of benzene rings is 9. The molecule has 64 heavy (non-hydrogen) atoms. The van der Waals surface area contributed by atoms with Crippen LogP contribution >= 0.6 is 0 Å². The molecule has 4 nitrogen and oxygen atoms in total. The van der Waals surface area contributed by atoms with Crippen LogP contribution in [0.2, 0.25) is 0 Å². The number of fused-ring (bicyclic) bond motifs is 9. The number of hydrogen-bond acceptors (Lipinski definition) is 4. The van der Waals surface area contributed by atoms with Gasteiger partial charge in [-0.15, -0.1) is 0 Å². The van der Waals surface area contributed by atoms with E-state index < -0.39 is 0 Å². The number of hydrogen-bond donors (Lipinski definition) is 0. The highest BCUT2D eigenvalue weighted by Gasteiger charge is 2.25. The maximum Gasteiger partial charge on any atom is 0.139 e. The van der Waals surface area contributed by atoms with Crippen LogP contribution in [0.15, 0.2) is 142 Å². The Balaban J connectivity index is 1.10. The lowest BCUT2D eigenvalue weighted by Gasteiger charge is -2.31. The predicted octanol–water partition coefficient (Wildman–Crippen LogP) is 17.8. The van der Waals surface area contributed by atoms with Gasteiger partial charge in [0.1, 0.15) is 22.3 Å². The van der Waals surface area contributed by atoms with E-state index in [1.807, 2.05) is 0 Å². The molecule has 0 fully saturated rings. The van der Waals surface area contributed by atoms with Gasteiger partial charge in [0.2, 0.25) is 0 Å². The van der Waals surface area contributed by atoms with E-state index in [2.05, 4.69) is 212 Å². The average Bonchev–Trinajstić information content (AvgIpc) is 3.82. The summed E-state index contributed by atoms with van der Waals surface area (Å²) in [7, 11) is 0. The Bertz CT molecular complexity index is 3320. The van der Waals surface area contributed by atoms with Crippen LogP contribution in [0, 0.1) is 69.2 Å². The molecular formula is C60H52N2O2. The molecule has 11 rings (SSSR count). The molecule has 0 unspecified atom stereocenters. The van der Waals surface area contributed by atoms with Crippen LogP contribution < -0.4 is 9.80 Å². The highest BCUT2D eigenvalue weighted by Crippen LogP contribution is 2.48. The lowest BCUT2D eigenvalue weighted by molar-refractivity contribution is 0.657. The number of aryl methyl sites for hydroxylation is 10. The van der Waals surface area contributed by atoms with Gasteiger partial charge in [0.15, 0.2) is 0 Å². The normalized spacial score (nSPS) is 11.9. The molecule has 0 radical (unpaired) electrons. The highest BCUT2D eigenvalue weighted by molar-refractivity contribution is 6.29. The molecule has 0 spiro atoms. The van der Waals surface area contributed by atoms with Crippen LogP contribution in [0.4, 0.5) is 34.1 Å². The Kier molecular flexibility index (Phi) is 9.04. The van der Waals surface area contributed by atoms with E-state index >= 15 is 0 Å². The second-order valence-corrected chi connectivity index (χ2v) is 18.3.